The monoisotopic (exact) mass is 604 g/mol. The summed E-state index contributed by atoms with van der Waals surface area (Å²) in [6.07, 6.45) is 0.372. The van der Waals surface area contributed by atoms with Gasteiger partial charge in [-0.15, -0.1) is 0 Å². The number of hydrogen-bond donors (Lipinski definition) is 3. The predicted octanol–water partition coefficient (Wildman–Crippen LogP) is 5.21. The molecule has 4 rings (SSSR count). The molecule has 44 heavy (non-hydrogen) atoms. The highest BCUT2D eigenvalue weighted by molar-refractivity contribution is 6.11. The molecular formula is C34H40N2O8. The van der Waals surface area contributed by atoms with Crippen LogP contribution < -0.4 is 29.6 Å². The van der Waals surface area contributed by atoms with Gasteiger partial charge in [0.25, 0.3) is 0 Å². The molecule has 0 heterocycles. The number of rotatable bonds is 12. The number of amides is 2. The smallest absolute Gasteiger partial charge is 0.235 e. The summed E-state index contributed by atoms with van der Waals surface area (Å²) in [6, 6.07) is 18.8. The van der Waals surface area contributed by atoms with Crippen LogP contribution in [0.4, 0.5) is 11.4 Å². The number of nitrogens with one attached hydrogen (secondary N) is 2. The van der Waals surface area contributed by atoms with E-state index in [2.05, 4.69) is 10.6 Å². The highest BCUT2D eigenvalue weighted by Gasteiger charge is 2.56. The zero-order chi connectivity index (χ0) is 31.9. The third-order valence-electron chi connectivity index (χ3n) is 7.68. The summed E-state index contributed by atoms with van der Waals surface area (Å²) < 4.78 is 22.6. The van der Waals surface area contributed by atoms with Gasteiger partial charge in [0.05, 0.1) is 50.3 Å². The zero-order valence-corrected chi connectivity index (χ0v) is 25.7. The summed E-state index contributed by atoms with van der Waals surface area (Å²) in [5.41, 5.74) is -0.568. The van der Waals surface area contributed by atoms with Crippen LogP contribution in [0, 0.1) is 11.8 Å². The van der Waals surface area contributed by atoms with Gasteiger partial charge in [-0.25, -0.2) is 0 Å². The van der Waals surface area contributed by atoms with E-state index in [1.807, 2.05) is 13.8 Å². The van der Waals surface area contributed by atoms with Crippen molar-refractivity contribution < 1.29 is 38.4 Å². The van der Waals surface area contributed by atoms with Crippen LogP contribution in [0.1, 0.15) is 45.1 Å². The molecule has 0 saturated heterocycles. The maximum absolute atomic E-state index is 14.1. The van der Waals surface area contributed by atoms with Gasteiger partial charge < -0.3 is 34.7 Å². The fourth-order valence-corrected chi connectivity index (χ4v) is 5.74. The lowest BCUT2D eigenvalue weighted by Crippen LogP contribution is -2.56. The van der Waals surface area contributed by atoms with Gasteiger partial charge in [0.2, 0.25) is 11.8 Å². The molecule has 10 heteroatoms. The van der Waals surface area contributed by atoms with Crippen molar-refractivity contribution in [2.75, 3.05) is 38.1 Å². The Kier molecular flexibility index (Phi) is 10.5. The lowest BCUT2D eigenvalue weighted by molar-refractivity contribution is -0.150. The van der Waals surface area contributed by atoms with E-state index in [1.165, 1.54) is 21.1 Å². The minimum atomic E-state index is -1.79. The van der Waals surface area contributed by atoms with Crippen LogP contribution in [0.15, 0.2) is 66.7 Å². The van der Waals surface area contributed by atoms with Crippen LogP contribution in [-0.2, 0) is 14.4 Å². The third-order valence-corrected chi connectivity index (χ3v) is 7.68. The first-order valence-electron chi connectivity index (χ1n) is 14.7. The van der Waals surface area contributed by atoms with E-state index < -0.39 is 47.4 Å². The molecule has 0 aliphatic heterocycles. The standard InChI is InChI=1S/C34H40N2O8/c1-6-18-44-27-17-16-21(19-28(27)43-7-2)29-30(32(38)35-22-12-8-10-14-25(22)41-4)24(37)20-34(3,40)31(29)33(39)36-23-13-9-11-15-26(23)42-5/h8-17,19,29-31,40H,6-7,18,20H2,1-5H3,(H,35,38)(H,36,39). The molecular weight excluding hydrogens is 564 g/mol. The minimum absolute atomic E-state index is 0.336. The first kappa shape index (κ1) is 32.3. The first-order chi connectivity index (χ1) is 21.1. The molecule has 1 fully saturated rings. The highest BCUT2D eigenvalue weighted by Crippen LogP contribution is 2.48. The molecule has 0 aromatic heterocycles. The van der Waals surface area contributed by atoms with E-state index in [1.54, 1.807) is 66.7 Å². The Labute approximate surface area is 257 Å². The summed E-state index contributed by atoms with van der Waals surface area (Å²) in [5, 5.41) is 17.4. The molecule has 4 unspecified atom stereocenters. The Morgan fingerprint density at radius 3 is 2.00 bits per heavy atom. The van der Waals surface area contributed by atoms with Gasteiger partial charge in [-0.1, -0.05) is 37.3 Å². The summed E-state index contributed by atoms with van der Waals surface area (Å²) >= 11 is 0. The van der Waals surface area contributed by atoms with Gasteiger partial charge in [0.15, 0.2) is 11.5 Å². The molecule has 4 atom stereocenters. The molecule has 1 aliphatic rings. The lowest BCUT2D eigenvalue weighted by atomic mass is 9.61. The molecule has 2 amide bonds. The number of ketones is 1. The first-order valence-corrected chi connectivity index (χ1v) is 14.7. The molecule has 3 aromatic rings. The highest BCUT2D eigenvalue weighted by atomic mass is 16.5. The number of benzene rings is 3. The summed E-state index contributed by atoms with van der Waals surface area (Å²) in [7, 11) is 2.96. The van der Waals surface area contributed by atoms with Crippen LogP contribution in [0.25, 0.3) is 0 Å². The quantitative estimate of drug-likeness (QED) is 0.240. The van der Waals surface area contributed by atoms with E-state index in [9.17, 15) is 19.5 Å². The zero-order valence-electron chi connectivity index (χ0n) is 25.7. The van der Waals surface area contributed by atoms with Crippen molar-refractivity contribution in [1.29, 1.82) is 0 Å². The summed E-state index contributed by atoms with van der Waals surface area (Å²) in [6.45, 7) is 6.06. The maximum Gasteiger partial charge on any atom is 0.235 e. The topological polar surface area (TPSA) is 132 Å². The van der Waals surface area contributed by atoms with Crippen LogP contribution in [0.5, 0.6) is 23.0 Å². The second-order valence-electron chi connectivity index (χ2n) is 10.8. The number of Topliss-reactive ketones (excluding diaryl/α,β-unsaturated/α-hetero) is 1. The molecule has 1 aliphatic carbocycles. The van der Waals surface area contributed by atoms with Crippen molar-refractivity contribution in [2.24, 2.45) is 11.8 Å². The lowest BCUT2D eigenvalue weighted by Gasteiger charge is -2.44. The van der Waals surface area contributed by atoms with E-state index in [0.29, 0.717) is 53.2 Å². The number of aliphatic hydroxyl groups is 1. The van der Waals surface area contributed by atoms with E-state index in [4.69, 9.17) is 18.9 Å². The molecule has 10 nitrogen and oxygen atoms in total. The normalized spacial score (nSPS) is 21.2. The average molecular weight is 605 g/mol. The molecule has 3 N–H and O–H groups in total. The van der Waals surface area contributed by atoms with Crippen LogP contribution in [0.3, 0.4) is 0 Å². The maximum atomic E-state index is 14.1. The van der Waals surface area contributed by atoms with Crippen molar-refractivity contribution in [3.8, 4) is 23.0 Å². The number of carbonyl (C=O) groups excluding carboxylic acids is 3. The Bertz CT molecular complexity index is 1490. The van der Waals surface area contributed by atoms with Crippen molar-refractivity contribution in [3.63, 3.8) is 0 Å². The molecule has 3 aromatic carbocycles. The van der Waals surface area contributed by atoms with Gasteiger partial charge in [0, 0.05) is 12.3 Å². The molecule has 0 spiro atoms. The third kappa shape index (κ3) is 6.97. The molecule has 0 radical (unpaired) electrons. The van der Waals surface area contributed by atoms with Crippen LogP contribution in [0.2, 0.25) is 0 Å². The van der Waals surface area contributed by atoms with E-state index >= 15 is 0 Å². The Morgan fingerprint density at radius 2 is 1.43 bits per heavy atom. The Balaban J connectivity index is 1.84. The van der Waals surface area contributed by atoms with Crippen molar-refractivity contribution in [3.05, 3.63) is 72.3 Å². The predicted molar refractivity (Wildman–Crippen MR) is 167 cm³/mol. The number of para-hydroxylation sites is 4. The number of hydrogen-bond acceptors (Lipinski definition) is 8. The number of ether oxygens (including phenoxy) is 4. The van der Waals surface area contributed by atoms with Gasteiger partial charge >= 0.3 is 0 Å². The van der Waals surface area contributed by atoms with Crippen LogP contribution in [-0.4, -0.2) is 55.7 Å². The number of carbonyl (C=O) groups is 3. The largest absolute Gasteiger partial charge is 0.495 e. The Morgan fingerprint density at radius 1 is 0.841 bits per heavy atom. The fraction of sp³-hybridized carbons (Fsp3) is 0.382. The van der Waals surface area contributed by atoms with E-state index in [-0.39, 0.29) is 0 Å². The molecule has 234 valence electrons. The molecule has 1 saturated carbocycles. The average Bonchev–Trinajstić information content (AvgIpc) is 3.00. The van der Waals surface area contributed by atoms with Crippen molar-refractivity contribution >= 4 is 29.0 Å². The molecule has 0 bridgehead atoms. The Hall–Kier alpha value is -4.57. The fourth-order valence-electron chi connectivity index (χ4n) is 5.74. The number of methoxy groups -OCH3 is 2. The minimum Gasteiger partial charge on any atom is -0.495 e. The van der Waals surface area contributed by atoms with Gasteiger partial charge in [-0.05, 0) is 62.2 Å². The van der Waals surface area contributed by atoms with Gasteiger partial charge in [-0.3, -0.25) is 14.4 Å². The van der Waals surface area contributed by atoms with Crippen molar-refractivity contribution in [1.82, 2.24) is 0 Å². The second-order valence-corrected chi connectivity index (χ2v) is 10.8. The van der Waals surface area contributed by atoms with Crippen LogP contribution >= 0.6 is 0 Å². The summed E-state index contributed by atoms with van der Waals surface area (Å²) in [4.78, 5) is 41.9. The summed E-state index contributed by atoms with van der Waals surface area (Å²) in [5.74, 6) is -3.59. The number of anilines is 2. The van der Waals surface area contributed by atoms with Gasteiger partial charge in [-0.2, -0.15) is 0 Å². The van der Waals surface area contributed by atoms with Gasteiger partial charge in [0.1, 0.15) is 23.2 Å². The van der Waals surface area contributed by atoms with Crippen molar-refractivity contribution in [2.45, 2.75) is 45.1 Å². The SMILES string of the molecule is CCCOc1ccc(C2C(C(=O)Nc3ccccc3OC)C(=O)CC(C)(O)C2C(=O)Nc2ccccc2OC)cc1OCC. The second kappa shape index (κ2) is 14.3. The van der Waals surface area contributed by atoms with E-state index in [0.717, 1.165) is 6.42 Å².